The number of unbranched alkanes of at least 4 members (excludes halogenated alkanes) is 5. The van der Waals surface area contributed by atoms with Gasteiger partial charge >= 0.3 is 0 Å². The highest BCUT2D eigenvalue weighted by molar-refractivity contribution is 4.40. The summed E-state index contributed by atoms with van der Waals surface area (Å²) in [4.78, 5) is 0. The Labute approximate surface area is 129 Å². The lowest BCUT2D eigenvalue weighted by atomic mass is 10.1. The molecule has 0 radical (unpaired) electrons. The first-order chi connectivity index (χ1) is 9.31. The van der Waals surface area contributed by atoms with E-state index in [1.807, 2.05) is 41.5 Å². The molecule has 0 aromatic heterocycles. The maximum atomic E-state index is 8.14. The van der Waals surface area contributed by atoms with E-state index in [4.69, 9.17) is 9.84 Å². The second-order valence-electron chi connectivity index (χ2n) is 6.22. The van der Waals surface area contributed by atoms with Crippen LogP contribution in [0.5, 0.6) is 0 Å². The zero-order chi connectivity index (χ0) is 16.4. The summed E-state index contributed by atoms with van der Waals surface area (Å²) in [7, 11) is 0. The summed E-state index contributed by atoms with van der Waals surface area (Å²) in [5.41, 5.74) is 0. The van der Waals surface area contributed by atoms with Gasteiger partial charge in [0.1, 0.15) is 0 Å². The highest BCUT2D eigenvalue weighted by atomic mass is 16.5. The van der Waals surface area contributed by atoms with Gasteiger partial charge in [-0.2, -0.15) is 0 Å². The number of hydrogen-bond donors (Lipinski definition) is 1. The Morgan fingerprint density at radius 1 is 0.700 bits per heavy atom. The fourth-order valence-electron chi connectivity index (χ4n) is 1.40. The summed E-state index contributed by atoms with van der Waals surface area (Å²) in [5, 5.41) is 8.14. The van der Waals surface area contributed by atoms with E-state index in [9.17, 15) is 0 Å². The topological polar surface area (TPSA) is 29.5 Å². The lowest BCUT2D eigenvalue weighted by Gasteiger charge is -2.09. The smallest absolute Gasteiger partial charge is 0.0522 e. The molecule has 0 saturated carbocycles. The number of ether oxygens (including phenoxy) is 1. The van der Waals surface area contributed by atoms with Crippen molar-refractivity contribution < 1.29 is 9.84 Å². The second kappa shape index (κ2) is 21.2. The van der Waals surface area contributed by atoms with Gasteiger partial charge in [-0.3, -0.25) is 0 Å². The molecule has 1 N–H and O–H groups in total. The molecule has 0 heterocycles. The van der Waals surface area contributed by atoms with Crippen molar-refractivity contribution in [3.63, 3.8) is 0 Å². The van der Waals surface area contributed by atoms with Crippen LogP contribution in [0, 0.1) is 5.92 Å². The second-order valence-corrected chi connectivity index (χ2v) is 6.22. The van der Waals surface area contributed by atoms with E-state index in [1.54, 1.807) is 0 Å². The first kappa shape index (κ1) is 24.9. The quantitative estimate of drug-likeness (QED) is 0.571. The monoisotopic (exact) mass is 290 g/mol. The van der Waals surface area contributed by atoms with Crippen LogP contribution >= 0.6 is 0 Å². The molecule has 0 amide bonds. The van der Waals surface area contributed by atoms with Gasteiger partial charge in [-0.25, -0.2) is 0 Å². The van der Waals surface area contributed by atoms with Gasteiger partial charge in [-0.15, -0.1) is 0 Å². The maximum Gasteiger partial charge on any atom is 0.0522 e. The van der Waals surface area contributed by atoms with E-state index in [0.29, 0.717) is 24.7 Å². The van der Waals surface area contributed by atoms with Gasteiger partial charge in [-0.05, 0) is 33.6 Å². The van der Waals surface area contributed by atoms with E-state index in [-0.39, 0.29) is 0 Å². The standard InChI is InChI=1S/C8H18.C6H14O.C4H10O/c1-3-5-7-8-6-4-2;1-5(2)7-6(3)4;1-4(2)3-5/h3-8H2,1-2H3;5-6H,1-4H3;4-5H,3H2,1-2H3. The molecule has 126 valence electrons. The van der Waals surface area contributed by atoms with E-state index < -0.39 is 0 Å². The van der Waals surface area contributed by atoms with Gasteiger partial charge in [-0.1, -0.05) is 66.2 Å². The van der Waals surface area contributed by atoms with Crippen LogP contribution in [-0.2, 0) is 4.74 Å². The van der Waals surface area contributed by atoms with Gasteiger partial charge in [0.15, 0.2) is 0 Å². The molecule has 0 fully saturated rings. The third-order valence-corrected chi connectivity index (χ3v) is 2.37. The van der Waals surface area contributed by atoms with Crippen LogP contribution in [0.3, 0.4) is 0 Å². The molecule has 0 aliphatic carbocycles. The normalized spacial score (nSPS) is 10.2. The largest absolute Gasteiger partial charge is 0.396 e. The van der Waals surface area contributed by atoms with E-state index in [0.717, 1.165) is 0 Å². The van der Waals surface area contributed by atoms with Crippen LogP contribution in [0.25, 0.3) is 0 Å². The van der Waals surface area contributed by atoms with Crippen molar-refractivity contribution in [2.75, 3.05) is 6.61 Å². The summed E-state index contributed by atoms with van der Waals surface area (Å²) in [5.74, 6) is 0.440. The zero-order valence-corrected chi connectivity index (χ0v) is 15.5. The Balaban J connectivity index is -0.000000223. The first-order valence-corrected chi connectivity index (χ1v) is 8.57. The Kier molecular flexibility index (Phi) is 26.4. The highest BCUT2D eigenvalue weighted by Gasteiger charge is 1.94. The fourth-order valence-corrected chi connectivity index (χ4v) is 1.40. The molecule has 2 nitrogen and oxygen atoms in total. The average molecular weight is 291 g/mol. The molecule has 2 heteroatoms. The van der Waals surface area contributed by atoms with Crippen LogP contribution in [0.2, 0.25) is 0 Å². The molecule has 0 aliphatic rings. The van der Waals surface area contributed by atoms with Gasteiger partial charge in [0.05, 0.1) is 12.2 Å². The van der Waals surface area contributed by atoms with Crippen LogP contribution < -0.4 is 0 Å². The number of aliphatic hydroxyl groups is 1. The molecule has 0 bridgehead atoms. The zero-order valence-electron chi connectivity index (χ0n) is 15.5. The Morgan fingerprint density at radius 2 is 1.00 bits per heavy atom. The molecule has 0 aromatic carbocycles. The van der Waals surface area contributed by atoms with Crippen molar-refractivity contribution in [2.45, 2.75) is 106 Å². The highest BCUT2D eigenvalue weighted by Crippen LogP contribution is 2.03. The van der Waals surface area contributed by atoms with Crippen LogP contribution in [0.1, 0.15) is 93.9 Å². The lowest BCUT2D eigenvalue weighted by molar-refractivity contribution is 0.0300. The average Bonchev–Trinajstić information content (AvgIpc) is 2.34. The molecule has 0 aromatic rings. The molecule has 0 rings (SSSR count). The van der Waals surface area contributed by atoms with Gasteiger partial charge in [0, 0.05) is 6.61 Å². The molecule has 0 aliphatic heterocycles. The Hall–Kier alpha value is -0.0800. The molecular weight excluding hydrogens is 248 g/mol. The minimum Gasteiger partial charge on any atom is -0.396 e. The maximum absolute atomic E-state index is 8.14. The van der Waals surface area contributed by atoms with Crippen molar-refractivity contribution in [1.82, 2.24) is 0 Å². The molecule has 0 saturated heterocycles. The molecular formula is C18H42O2. The molecule has 0 atom stereocenters. The molecule has 0 unspecified atom stereocenters. The Morgan fingerprint density at radius 3 is 1.10 bits per heavy atom. The summed E-state index contributed by atoms with van der Waals surface area (Å²) in [6.07, 6.45) is 9.24. The minimum absolute atomic E-state index is 0.306. The summed E-state index contributed by atoms with van der Waals surface area (Å²) < 4.78 is 5.25. The SMILES string of the molecule is CC(C)CO.CC(C)OC(C)C.CCCCCCCC. The van der Waals surface area contributed by atoms with Crippen LogP contribution in [-0.4, -0.2) is 23.9 Å². The van der Waals surface area contributed by atoms with Gasteiger partial charge in [0.25, 0.3) is 0 Å². The van der Waals surface area contributed by atoms with Crippen molar-refractivity contribution in [2.24, 2.45) is 5.92 Å². The fraction of sp³-hybridized carbons (Fsp3) is 1.00. The predicted octanol–water partition coefficient (Wildman–Crippen LogP) is 5.82. The Bertz CT molecular complexity index is 130. The van der Waals surface area contributed by atoms with E-state index >= 15 is 0 Å². The summed E-state index contributed by atoms with van der Waals surface area (Å²) >= 11 is 0. The predicted molar refractivity (Wildman–Crippen MR) is 92.3 cm³/mol. The van der Waals surface area contributed by atoms with Crippen molar-refractivity contribution >= 4 is 0 Å². The number of aliphatic hydroxyl groups excluding tert-OH is 1. The van der Waals surface area contributed by atoms with Crippen molar-refractivity contribution in [3.05, 3.63) is 0 Å². The third-order valence-electron chi connectivity index (χ3n) is 2.37. The summed E-state index contributed by atoms with van der Waals surface area (Å²) in [6, 6.07) is 0. The first-order valence-electron chi connectivity index (χ1n) is 8.57. The molecule has 20 heavy (non-hydrogen) atoms. The lowest BCUT2D eigenvalue weighted by Crippen LogP contribution is -2.09. The number of hydrogen-bond acceptors (Lipinski definition) is 2. The van der Waals surface area contributed by atoms with E-state index in [1.165, 1.54) is 38.5 Å². The van der Waals surface area contributed by atoms with Crippen molar-refractivity contribution in [3.8, 4) is 0 Å². The van der Waals surface area contributed by atoms with Gasteiger partial charge < -0.3 is 9.84 Å². The van der Waals surface area contributed by atoms with Crippen LogP contribution in [0.4, 0.5) is 0 Å². The van der Waals surface area contributed by atoms with Crippen molar-refractivity contribution in [1.29, 1.82) is 0 Å². The van der Waals surface area contributed by atoms with Gasteiger partial charge in [0.2, 0.25) is 0 Å². The minimum atomic E-state index is 0.306. The summed E-state index contributed by atoms with van der Waals surface area (Å²) in [6.45, 7) is 16.9. The van der Waals surface area contributed by atoms with E-state index in [2.05, 4.69) is 13.8 Å². The molecule has 0 spiro atoms. The van der Waals surface area contributed by atoms with Crippen LogP contribution in [0.15, 0.2) is 0 Å². The third kappa shape index (κ3) is 43.0. The number of rotatable bonds is 8.